The average molecular weight is 210 g/mol. The fraction of sp³-hybridized carbons (Fsp3) is 0.600. The maximum Gasteiger partial charge on any atom is 0.327 e. The molecule has 58 valence electrons. The minimum atomic E-state index is -1.04. The fourth-order valence-electron chi connectivity index (χ4n) is 0.370. The summed E-state index contributed by atoms with van der Waals surface area (Å²) in [6.07, 6.45) is 0. The molecule has 1 atom stereocenters. The molecule has 0 aliphatic carbocycles. The number of carbonyl (C=O) groups is 2. The van der Waals surface area contributed by atoms with Gasteiger partial charge in [0.2, 0.25) is 5.91 Å². The second kappa shape index (κ2) is 3.55. The lowest BCUT2D eigenvalue weighted by atomic mass is 10.3. The number of carboxylic acid groups (broad SMARTS) is 1. The summed E-state index contributed by atoms with van der Waals surface area (Å²) in [6.45, 7) is 2.70. The Bertz CT molecular complexity index is 141. The van der Waals surface area contributed by atoms with Gasteiger partial charge in [-0.15, -0.1) is 0 Å². The van der Waals surface area contributed by atoms with E-state index in [0.29, 0.717) is 0 Å². The second-order valence-electron chi connectivity index (χ2n) is 1.84. The third kappa shape index (κ3) is 2.34. The van der Waals surface area contributed by atoms with E-state index in [1.807, 2.05) is 0 Å². The van der Waals surface area contributed by atoms with Crippen molar-refractivity contribution in [3.05, 3.63) is 0 Å². The van der Waals surface area contributed by atoms with Gasteiger partial charge in [0.25, 0.3) is 0 Å². The van der Waals surface area contributed by atoms with Gasteiger partial charge in [-0.1, -0.05) is 0 Å². The Balaban J connectivity index is 4.07. The van der Waals surface area contributed by atoms with Crippen LogP contribution in [0.25, 0.3) is 0 Å². The van der Waals surface area contributed by atoms with Crippen LogP contribution in [0.3, 0.4) is 0 Å². The highest BCUT2D eigenvalue weighted by Crippen LogP contribution is 2.05. The van der Waals surface area contributed by atoms with Gasteiger partial charge in [-0.05, 0) is 6.92 Å². The number of halogens is 1. The number of aliphatic carboxylic acids is 1. The van der Waals surface area contributed by atoms with Crippen molar-refractivity contribution in [3.8, 4) is 0 Å². The van der Waals surface area contributed by atoms with Crippen LogP contribution in [-0.2, 0) is 9.59 Å². The predicted octanol–water partition coefficient (Wildman–Crippen LogP) is 0.618. The van der Waals surface area contributed by atoms with Gasteiger partial charge < -0.3 is 5.11 Å². The fourth-order valence-corrected chi connectivity index (χ4v) is 0.545. The molecule has 0 heterocycles. The molecule has 0 rings (SSSR count). The van der Waals surface area contributed by atoms with E-state index in [0.717, 1.165) is 3.93 Å². The number of hydrogen-bond acceptors (Lipinski definition) is 2. The van der Waals surface area contributed by atoms with Crippen molar-refractivity contribution < 1.29 is 14.7 Å². The highest BCUT2D eigenvalue weighted by Gasteiger charge is 2.19. The Kier molecular flexibility index (Phi) is 3.35. The first-order valence-corrected chi connectivity index (χ1v) is 3.36. The van der Waals surface area contributed by atoms with Crippen LogP contribution >= 0.6 is 16.1 Å². The quantitative estimate of drug-likeness (QED) is 0.679. The van der Waals surface area contributed by atoms with E-state index in [4.69, 9.17) is 5.11 Å². The molecule has 0 aliphatic heterocycles. The van der Waals surface area contributed by atoms with E-state index in [1.54, 1.807) is 0 Å². The molecule has 0 aromatic rings. The molecule has 0 aromatic carbocycles. The summed E-state index contributed by atoms with van der Waals surface area (Å²) in [7, 11) is 0. The van der Waals surface area contributed by atoms with Crippen LogP contribution in [0.15, 0.2) is 0 Å². The van der Waals surface area contributed by atoms with Crippen LogP contribution in [-0.4, -0.2) is 27.0 Å². The van der Waals surface area contributed by atoms with Crippen LogP contribution in [0.2, 0.25) is 0 Å². The van der Waals surface area contributed by atoms with Crippen molar-refractivity contribution in [1.29, 1.82) is 0 Å². The highest BCUT2D eigenvalue weighted by molar-refractivity contribution is 9.07. The molecule has 1 amide bonds. The highest BCUT2D eigenvalue weighted by atomic mass is 79.9. The normalized spacial score (nSPS) is 12.3. The molecule has 4 nitrogen and oxygen atoms in total. The average Bonchev–Trinajstić information content (AvgIpc) is 1.84. The Morgan fingerprint density at radius 1 is 1.60 bits per heavy atom. The number of rotatable bonds is 2. The molecule has 0 fully saturated rings. The summed E-state index contributed by atoms with van der Waals surface area (Å²) in [5.74, 6) is -1.36. The smallest absolute Gasteiger partial charge is 0.327 e. The lowest BCUT2D eigenvalue weighted by Gasteiger charge is -2.15. The zero-order valence-corrected chi connectivity index (χ0v) is 7.25. The first kappa shape index (κ1) is 9.42. The van der Waals surface area contributed by atoms with Crippen molar-refractivity contribution >= 4 is 28.0 Å². The van der Waals surface area contributed by atoms with Crippen LogP contribution in [0, 0.1) is 0 Å². The van der Waals surface area contributed by atoms with Gasteiger partial charge >= 0.3 is 5.97 Å². The standard InChI is InChI=1S/C5H8BrNO3/c1-3(5(9)10)7(6)4(2)8/h3H,1-2H3,(H,9,10). The van der Waals surface area contributed by atoms with Crippen LogP contribution in [0.5, 0.6) is 0 Å². The maximum atomic E-state index is 10.5. The lowest BCUT2D eigenvalue weighted by Crippen LogP contribution is -2.34. The van der Waals surface area contributed by atoms with E-state index in [-0.39, 0.29) is 5.91 Å². The third-order valence-corrected chi connectivity index (χ3v) is 2.11. The van der Waals surface area contributed by atoms with Gasteiger partial charge in [-0.25, -0.2) is 4.79 Å². The van der Waals surface area contributed by atoms with Crippen LogP contribution in [0.1, 0.15) is 13.8 Å². The number of carboxylic acids is 1. The molecule has 10 heavy (non-hydrogen) atoms. The first-order chi connectivity index (χ1) is 4.46. The van der Waals surface area contributed by atoms with Crippen molar-refractivity contribution in [1.82, 2.24) is 3.93 Å². The van der Waals surface area contributed by atoms with Crippen molar-refractivity contribution in [2.24, 2.45) is 0 Å². The summed E-state index contributed by atoms with van der Waals surface area (Å²) in [5.41, 5.74) is 0. The van der Waals surface area contributed by atoms with Gasteiger partial charge in [0.1, 0.15) is 6.04 Å². The number of hydrogen-bond donors (Lipinski definition) is 1. The van der Waals surface area contributed by atoms with Crippen LogP contribution < -0.4 is 0 Å². The van der Waals surface area contributed by atoms with Gasteiger partial charge in [0.05, 0.1) is 16.1 Å². The largest absolute Gasteiger partial charge is 0.480 e. The summed E-state index contributed by atoms with van der Waals surface area (Å²) in [6, 6.07) is -0.822. The summed E-state index contributed by atoms with van der Waals surface area (Å²) < 4.78 is 0.981. The molecule has 0 bridgehead atoms. The molecule has 0 saturated heterocycles. The molecule has 0 radical (unpaired) electrons. The number of amides is 1. The SMILES string of the molecule is CC(=O)N(Br)C(C)C(=O)O. The van der Waals surface area contributed by atoms with Crippen LogP contribution in [0.4, 0.5) is 0 Å². The lowest BCUT2D eigenvalue weighted by molar-refractivity contribution is -0.144. The molecular weight excluding hydrogens is 202 g/mol. The molecule has 1 unspecified atom stereocenters. The molecule has 0 aromatic heterocycles. The summed E-state index contributed by atoms with van der Waals surface area (Å²) in [4.78, 5) is 20.7. The predicted molar refractivity (Wildman–Crippen MR) is 38.5 cm³/mol. The molecule has 0 spiro atoms. The van der Waals surface area contributed by atoms with E-state index < -0.39 is 12.0 Å². The second-order valence-corrected chi connectivity index (χ2v) is 2.61. The van der Waals surface area contributed by atoms with E-state index >= 15 is 0 Å². The van der Waals surface area contributed by atoms with E-state index in [1.165, 1.54) is 13.8 Å². The Morgan fingerprint density at radius 3 is 2.10 bits per heavy atom. The summed E-state index contributed by atoms with van der Waals surface area (Å²) >= 11 is 2.81. The molecule has 5 heteroatoms. The Morgan fingerprint density at radius 2 is 2.00 bits per heavy atom. The van der Waals surface area contributed by atoms with Gasteiger partial charge in [-0.3, -0.25) is 8.72 Å². The zero-order valence-electron chi connectivity index (χ0n) is 5.67. The number of nitrogens with zero attached hydrogens (tertiary/aromatic N) is 1. The third-order valence-electron chi connectivity index (χ3n) is 0.998. The molecule has 0 saturated carbocycles. The zero-order chi connectivity index (χ0) is 8.31. The number of carbonyl (C=O) groups excluding carboxylic acids is 1. The minimum absolute atomic E-state index is 0.324. The Hall–Kier alpha value is -0.580. The van der Waals surface area contributed by atoms with E-state index in [2.05, 4.69) is 16.1 Å². The van der Waals surface area contributed by atoms with Gasteiger partial charge in [0.15, 0.2) is 0 Å². The van der Waals surface area contributed by atoms with Crippen molar-refractivity contribution in [3.63, 3.8) is 0 Å². The summed E-state index contributed by atoms with van der Waals surface area (Å²) in [5, 5.41) is 8.38. The molecule has 0 aliphatic rings. The van der Waals surface area contributed by atoms with Gasteiger partial charge in [0, 0.05) is 6.92 Å². The monoisotopic (exact) mass is 209 g/mol. The van der Waals surface area contributed by atoms with Crippen molar-refractivity contribution in [2.75, 3.05) is 0 Å². The maximum absolute atomic E-state index is 10.5. The van der Waals surface area contributed by atoms with Crippen molar-refractivity contribution in [2.45, 2.75) is 19.9 Å². The minimum Gasteiger partial charge on any atom is -0.480 e. The molecule has 1 N–H and O–H groups in total. The topological polar surface area (TPSA) is 57.6 Å². The Labute approximate surface area is 67.2 Å². The van der Waals surface area contributed by atoms with E-state index in [9.17, 15) is 9.59 Å². The molecular formula is C5H8BrNO3. The first-order valence-electron chi connectivity index (χ1n) is 2.65. The van der Waals surface area contributed by atoms with Gasteiger partial charge in [-0.2, -0.15) is 0 Å².